The summed E-state index contributed by atoms with van der Waals surface area (Å²) in [6.45, 7) is 5.77. The minimum absolute atomic E-state index is 0.134. The molecule has 0 radical (unpaired) electrons. The van der Waals surface area contributed by atoms with Gasteiger partial charge in [-0.1, -0.05) is 45.0 Å². The van der Waals surface area contributed by atoms with E-state index in [-0.39, 0.29) is 11.0 Å². The first kappa shape index (κ1) is 20.3. The van der Waals surface area contributed by atoms with Crippen molar-refractivity contribution < 1.29 is 23.8 Å². The van der Waals surface area contributed by atoms with Crippen molar-refractivity contribution in [1.29, 1.82) is 0 Å². The Bertz CT molecular complexity index is 801. The molecule has 27 heavy (non-hydrogen) atoms. The van der Waals surface area contributed by atoms with Crippen LogP contribution in [-0.2, 0) is 14.9 Å². The molecule has 0 aliphatic carbocycles. The highest BCUT2D eigenvalue weighted by Crippen LogP contribution is 2.30. The molecule has 0 fully saturated rings. The molecule has 0 spiro atoms. The normalized spacial score (nSPS) is 10.9. The van der Waals surface area contributed by atoms with E-state index in [9.17, 15) is 9.59 Å². The summed E-state index contributed by atoms with van der Waals surface area (Å²) < 4.78 is 15.5. The van der Waals surface area contributed by atoms with Gasteiger partial charge in [-0.15, -0.1) is 0 Å². The van der Waals surface area contributed by atoms with Crippen LogP contribution in [0.3, 0.4) is 0 Å². The molecule has 0 bridgehead atoms. The largest absolute Gasteiger partial charge is 0.496 e. The molecule has 0 aliphatic heterocycles. The zero-order valence-electron chi connectivity index (χ0n) is 16.3. The molecule has 2 aromatic rings. The molecule has 144 valence electrons. The molecule has 0 atom stereocenters. The number of hydrogen-bond acceptors (Lipinski definition) is 5. The summed E-state index contributed by atoms with van der Waals surface area (Å²) >= 11 is 0. The summed E-state index contributed by atoms with van der Waals surface area (Å²) in [4.78, 5) is 24.7. The maximum absolute atomic E-state index is 12.4. The lowest BCUT2D eigenvalue weighted by Crippen LogP contribution is -2.23. The molecule has 6 nitrogen and oxygen atoms in total. The number of ether oxygens (including phenoxy) is 3. The number of esters is 1. The van der Waals surface area contributed by atoms with Crippen LogP contribution in [0.2, 0.25) is 0 Å². The van der Waals surface area contributed by atoms with Crippen LogP contribution >= 0.6 is 0 Å². The summed E-state index contributed by atoms with van der Waals surface area (Å²) in [5.74, 6) is -0.479. The maximum Gasteiger partial charge on any atom is 0.346 e. The monoisotopic (exact) mass is 371 g/mol. The van der Waals surface area contributed by atoms with Crippen molar-refractivity contribution in [3.8, 4) is 11.5 Å². The fourth-order valence-corrected chi connectivity index (χ4v) is 2.69. The van der Waals surface area contributed by atoms with Crippen LogP contribution in [0.5, 0.6) is 11.5 Å². The lowest BCUT2D eigenvalue weighted by atomic mass is 9.86. The van der Waals surface area contributed by atoms with E-state index in [1.54, 1.807) is 18.2 Å². The third-order valence-electron chi connectivity index (χ3n) is 3.98. The average Bonchev–Trinajstić information content (AvgIpc) is 2.64. The Kier molecular flexibility index (Phi) is 6.45. The van der Waals surface area contributed by atoms with Gasteiger partial charge >= 0.3 is 5.97 Å². The van der Waals surface area contributed by atoms with Gasteiger partial charge in [0.05, 0.1) is 14.2 Å². The van der Waals surface area contributed by atoms with Gasteiger partial charge in [-0.3, -0.25) is 4.79 Å². The fourth-order valence-electron chi connectivity index (χ4n) is 2.69. The van der Waals surface area contributed by atoms with Gasteiger partial charge in [0.25, 0.3) is 5.91 Å². The zero-order valence-corrected chi connectivity index (χ0v) is 16.3. The molecule has 6 heteroatoms. The number of carbonyl (C=O) groups excluding carboxylic acids is 2. The molecule has 1 amide bonds. The average molecular weight is 371 g/mol. The Morgan fingerprint density at radius 3 is 2.07 bits per heavy atom. The van der Waals surface area contributed by atoms with Crippen molar-refractivity contribution in [3.63, 3.8) is 0 Å². The molecule has 0 aromatic heterocycles. The predicted octanol–water partition coefficient (Wildman–Crippen LogP) is 3.80. The van der Waals surface area contributed by atoms with Crippen LogP contribution in [0.15, 0.2) is 42.5 Å². The Labute approximate surface area is 159 Å². The third-order valence-corrected chi connectivity index (χ3v) is 3.98. The minimum Gasteiger partial charge on any atom is -0.496 e. The van der Waals surface area contributed by atoms with Gasteiger partial charge in [0.1, 0.15) is 17.1 Å². The van der Waals surface area contributed by atoms with E-state index in [1.807, 2.05) is 24.3 Å². The van der Waals surface area contributed by atoms with Crippen LogP contribution in [-0.4, -0.2) is 32.7 Å². The smallest absolute Gasteiger partial charge is 0.346 e. The van der Waals surface area contributed by atoms with Crippen LogP contribution < -0.4 is 14.8 Å². The van der Waals surface area contributed by atoms with E-state index in [0.29, 0.717) is 17.2 Å². The van der Waals surface area contributed by atoms with Gasteiger partial charge < -0.3 is 19.5 Å². The zero-order chi connectivity index (χ0) is 20.0. The van der Waals surface area contributed by atoms with Gasteiger partial charge in [0.2, 0.25) is 0 Å². The van der Waals surface area contributed by atoms with E-state index >= 15 is 0 Å². The van der Waals surface area contributed by atoms with Crippen LogP contribution in [0.4, 0.5) is 5.69 Å². The SMILES string of the molecule is COc1cccc(OC)c1C(=O)OCC(=O)Nc1ccccc1C(C)(C)C. The molecule has 0 unspecified atom stereocenters. The Morgan fingerprint density at radius 2 is 1.52 bits per heavy atom. The number of nitrogens with one attached hydrogen (secondary N) is 1. The van der Waals surface area contributed by atoms with Crippen molar-refractivity contribution in [1.82, 2.24) is 0 Å². The van der Waals surface area contributed by atoms with Gasteiger partial charge in [0, 0.05) is 5.69 Å². The highest BCUT2D eigenvalue weighted by molar-refractivity contribution is 5.98. The van der Waals surface area contributed by atoms with E-state index in [1.165, 1.54) is 14.2 Å². The molecule has 0 aliphatic rings. The highest BCUT2D eigenvalue weighted by atomic mass is 16.5. The molecular formula is C21H25NO5. The van der Waals surface area contributed by atoms with Crippen molar-refractivity contribution >= 4 is 17.6 Å². The van der Waals surface area contributed by atoms with E-state index in [2.05, 4.69) is 26.1 Å². The lowest BCUT2D eigenvalue weighted by molar-refractivity contribution is -0.119. The summed E-state index contributed by atoms with van der Waals surface area (Å²) in [7, 11) is 2.89. The van der Waals surface area contributed by atoms with Gasteiger partial charge in [-0.25, -0.2) is 4.79 Å². The fraction of sp³-hybridized carbons (Fsp3) is 0.333. The second kappa shape index (κ2) is 8.58. The first-order valence-corrected chi connectivity index (χ1v) is 8.55. The summed E-state index contributed by atoms with van der Waals surface area (Å²) in [5.41, 5.74) is 1.70. The van der Waals surface area contributed by atoms with Crippen molar-refractivity contribution in [2.24, 2.45) is 0 Å². The van der Waals surface area contributed by atoms with E-state index < -0.39 is 18.5 Å². The Morgan fingerprint density at radius 1 is 0.926 bits per heavy atom. The number of amides is 1. The lowest BCUT2D eigenvalue weighted by Gasteiger charge is -2.23. The number of hydrogen-bond donors (Lipinski definition) is 1. The number of para-hydroxylation sites is 1. The van der Waals surface area contributed by atoms with E-state index in [0.717, 1.165) is 5.56 Å². The van der Waals surface area contributed by atoms with Gasteiger partial charge in [-0.05, 0) is 29.2 Å². The Balaban J connectivity index is 2.08. The molecule has 1 N–H and O–H groups in total. The van der Waals surface area contributed by atoms with Gasteiger partial charge in [-0.2, -0.15) is 0 Å². The molecule has 0 saturated heterocycles. The highest BCUT2D eigenvalue weighted by Gasteiger charge is 2.22. The Hall–Kier alpha value is -3.02. The molecule has 2 rings (SSSR count). The third kappa shape index (κ3) is 5.00. The number of methoxy groups -OCH3 is 2. The number of rotatable bonds is 6. The number of benzene rings is 2. The topological polar surface area (TPSA) is 73.9 Å². The first-order valence-electron chi connectivity index (χ1n) is 8.55. The van der Waals surface area contributed by atoms with Crippen LogP contribution in [0.1, 0.15) is 36.7 Å². The molecule has 0 heterocycles. The van der Waals surface area contributed by atoms with E-state index in [4.69, 9.17) is 14.2 Å². The maximum atomic E-state index is 12.4. The quantitative estimate of drug-likeness (QED) is 0.782. The second-order valence-electron chi connectivity index (χ2n) is 6.96. The van der Waals surface area contributed by atoms with Gasteiger partial charge in [0.15, 0.2) is 6.61 Å². The molecular weight excluding hydrogens is 346 g/mol. The first-order chi connectivity index (χ1) is 12.8. The van der Waals surface area contributed by atoms with Crippen LogP contribution in [0.25, 0.3) is 0 Å². The summed E-state index contributed by atoms with van der Waals surface area (Å²) in [6, 6.07) is 12.5. The minimum atomic E-state index is -0.691. The summed E-state index contributed by atoms with van der Waals surface area (Å²) in [6.07, 6.45) is 0. The van der Waals surface area contributed by atoms with Crippen LogP contribution in [0, 0.1) is 0 Å². The van der Waals surface area contributed by atoms with Crippen molar-refractivity contribution in [3.05, 3.63) is 53.6 Å². The number of anilines is 1. The van der Waals surface area contributed by atoms with Crippen molar-refractivity contribution in [2.45, 2.75) is 26.2 Å². The summed E-state index contributed by atoms with van der Waals surface area (Å²) in [5, 5.41) is 2.80. The molecule has 0 saturated carbocycles. The second-order valence-corrected chi connectivity index (χ2v) is 6.96. The van der Waals surface area contributed by atoms with Crippen molar-refractivity contribution in [2.75, 3.05) is 26.1 Å². The predicted molar refractivity (Wildman–Crippen MR) is 104 cm³/mol. The molecule has 2 aromatic carbocycles. The number of carbonyl (C=O) groups is 2. The standard InChI is InChI=1S/C21H25NO5/c1-21(2,3)14-9-6-7-10-15(14)22-18(23)13-27-20(24)19-16(25-4)11-8-12-17(19)26-5/h6-12H,13H2,1-5H3,(H,22,23).